The Kier molecular flexibility index (Phi) is 3.16. The molecule has 0 aliphatic carbocycles. The number of imidazole rings is 1. The molecule has 110 valence electrons. The van der Waals surface area contributed by atoms with Gasteiger partial charge in [-0.05, 0) is 24.3 Å². The summed E-state index contributed by atoms with van der Waals surface area (Å²) in [5.41, 5.74) is 3.05. The van der Waals surface area contributed by atoms with Crippen LogP contribution in [0.1, 0.15) is 10.4 Å². The highest BCUT2D eigenvalue weighted by Crippen LogP contribution is 2.25. The van der Waals surface area contributed by atoms with Crippen molar-refractivity contribution in [2.45, 2.75) is 0 Å². The second-order valence-electron chi connectivity index (χ2n) is 5.08. The lowest BCUT2D eigenvalue weighted by Crippen LogP contribution is -2.11. The molecule has 1 aromatic carbocycles. The van der Waals surface area contributed by atoms with E-state index >= 15 is 0 Å². The van der Waals surface area contributed by atoms with Crippen LogP contribution in [0.4, 0.5) is 0 Å². The predicted molar refractivity (Wildman–Crippen MR) is 86.9 cm³/mol. The Hall–Kier alpha value is -3.34. The van der Waals surface area contributed by atoms with Crippen molar-refractivity contribution in [2.24, 2.45) is 0 Å². The predicted octanol–water partition coefficient (Wildman–Crippen LogP) is 3.18. The third kappa shape index (κ3) is 2.38. The van der Waals surface area contributed by atoms with Crippen LogP contribution >= 0.6 is 0 Å². The Bertz CT molecular complexity index is 979. The van der Waals surface area contributed by atoms with Gasteiger partial charge in [-0.1, -0.05) is 18.2 Å². The highest BCUT2D eigenvalue weighted by molar-refractivity contribution is 6.08. The van der Waals surface area contributed by atoms with Gasteiger partial charge in [0.1, 0.15) is 6.33 Å². The number of rotatable bonds is 2. The molecule has 0 saturated heterocycles. The fourth-order valence-electron chi connectivity index (χ4n) is 2.54. The van der Waals surface area contributed by atoms with Crippen LogP contribution in [-0.2, 0) is 0 Å². The van der Waals surface area contributed by atoms with Crippen molar-refractivity contribution in [2.75, 3.05) is 0 Å². The molecule has 23 heavy (non-hydrogen) atoms. The molecule has 0 fully saturated rings. The van der Waals surface area contributed by atoms with E-state index in [9.17, 15) is 4.79 Å². The van der Waals surface area contributed by atoms with Gasteiger partial charge in [0, 0.05) is 35.7 Å². The first-order chi connectivity index (χ1) is 11.3. The summed E-state index contributed by atoms with van der Waals surface area (Å²) in [5.74, 6) is -0.128. The number of para-hydroxylation sites is 1. The van der Waals surface area contributed by atoms with Crippen LogP contribution in [0.3, 0.4) is 0 Å². The Morgan fingerprint density at radius 1 is 0.957 bits per heavy atom. The van der Waals surface area contributed by atoms with E-state index in [2.05, 4.69) is 15.0 Å². The summed E-state index contributed by atoms with van der Waals surface area (Å²) >= 11 is 0. The van der Waals surface area contributed by atoms with Gasteiger partial charge in [0.2, 0.25) is 0 Å². The lowest BCUT2D eigenvalue weighted by atomic mass is 10.0. The van der Waals surface area contributed by atoms with Gasteiger partial charge >= 0.3 is 0 Å². The van der Waals surface area contributed by atoms with E-state index in [0.29, 0.717) is 5.56 Å². The lowest BCUT2D eigenvalue weighted by Gasteiger charge is -2.09. The molecule has 0 atom stereocenters. The molecule has 0 spiro atoms. The number of fused-ring (bicyclic) bond motifs is 1. The zero-order valence-electron chi connectivity index (χ0n) is 12.1. The van der Waals surface area contributed by atoms with Crippen LogP contribution < -0.4 is 0 Å². The van der Waals surface area contributed by atoms with Crippen molar-refractivity contribution >= 4 is 16.8 Å². The second kappa shape index (κ2) is 5.46. The van der Waals surface area contributed by atoms with Gasteiger partial charge in [-0.25, -0.2) is 9.97 Å². The first-order valence-corrected chi connectivity index (χ1v) is 7.16. The third-order valence-corrected chi connectivity index (χ3v) is 3.66. The molecule has 3 heterocycles. The van der Waals surface area contributed by atoms with Crippen molar-refractivity contribution in [1.29, 1.82) is 0 Å². The van der Waals surface area contributed by atoms with Crippen LogP contribution in [0, 0.1) is 0 Å². The molecule has 5 heteroatoms. The number of aromatic nitrogens is 4. The first-order valence-electron chi connectivity index (χ1n) is 7.16. The molecule has 4 rings (SSSR count). The van der Waals surface area contributed by atoms with E-state index in [1.54, 1.807) is 24.8 Å². The van der Waals surface area contributed by atoms with Gasteiger partial charge in [-0.2, -0.15) is 0 Å². The van der Waals surface area contributed by atoms with Gasteiger partial charge in [0.25, 0.3) is 5.91 Å². The molecule has 0 unspecified atom stereocenters. The fraction of sp³-hybridized carbons (Fsp3) is 0. The standard InChI is InChI=1S/C18H12N4O/c23-18(22-10-9-20-12-22)15-11-17(13-5-7-19-8-6-13)21-16-4-2-1-3-14(15)16/h1-12H. The highest BCUT2D eigenvalue weighted by atomic mass is 16.2. The molecule has 0 aliphatic heterocycles. The number of benzene rings is 1. The fourth-order valence-corrected chi connectivity index (χ4v) is 2.54. The average molecular weight is 300 g/mol. The molecule has 4 aromatic rings. The maximum atomic E-state index is 12.8. The van der Waals surface area contributed by atoms with Crippen molar-refractivity contribution in [3.63, 3.8) is 0 Å². The van der Waals surface area contributed by atoms with Gasteiger partial charge in [0.15, 0.2) is 0 Å². The van der Waals surface area contributed by atoms with Gasteiger partial charge in [-0.15, -0.1) is 0 Å². The number of carbonyl (C=O) groups excluding carboxylic acids is 1. The summed E-state index contributed by atoms with van der Waals surface area (Å²) in [6, 6.07) is 13.2. The lowest BCUT2D eigenvalue weighted by molar-refractivity contribution is 0.0961. The normalized spacial score (nSPS) is 10.8. The molecule has 0 saturated carbocycles. The minimum atomic E-state index is -0.128. The van der Waals surface area contributed by atoms with E-state index in [1.165, 1.54) is 10.9 Å². The topological polar surface area (TPSA) is 60.7 Å². The Labute approximate surface area is 132 Å². The number of nitrogens with zero attached hydrogens (tertiary/aromatic N) is 4. The molecule has 5 nitrogen and oxygen atoms in total. The number of carbonyl (C=O) groups is 1. The second-order valence-corrected chi connectivity index (χ2v) is 5.08. The maximum absolute atomic E-state index is 12.8. The SMILES string of the molecule is O=C(c1cc(-c2ccncc2)nc2ccccc12)n1ccnc1. The summed E-state index contributed by atoms with van der Waals surface area (Å²) in [6.07, 6.45) is 8.16. The molecular weight excluding hydrogens is 288 g/mol. The van der Waals surface area contributed by atoms with E-state index in [4.69, 9.17) is 0 Å². The molecule has 3 aromatic heterocycles. The van der Waals surface area contributed by atoms with Crippen LogP contribution in [0.2, 0.25) is 0 Å². The minimum absolute atomic E-state index is 0.128. The number of hydrogen-bond donors (Lipinski definition) is 0. The molecule has 0 bridgehead atoms. The molecule has 0 aliphatic rings. The van der Waals surface area contributed by atoms with Gasteiger partial charge in [0.05, 0.1) is 16.8 Å². The third-order valence-electron chi connectivity index (χ3n) is 3.66. The zero-order valence-corrected chi connectivity index (χ0v) is 12.1. The highest BCUT2D eigenvalue weighted by Gasteiger charge is 2.15. The minimum Gasteiger partial charge on any atom is -0.272 e. The Balaban J connectivity index is 1.96. The van der Waals surface area contributed by atoms with Crippen LogP contribution in [0.25, 0.3) is 22.2 Å². The van der Waals surface area contributed by atoms with Crippen molar-refractivity contribution in [1.82, 2.24) is 19.5 Å². The quantitative estimate of drug-likeness (QED) is 0.570. The number of hydrogen-bond acceptors (Lipinski definition) is 4. The monoisotopic (exact) mass is 300 g/mol. The van der Waals surface area contributed by atoms with E-state index in [1.807, 2.05) is 42.5 Å². The van der Waals surface area contributed by atoms with E-state index in [0.717, 1.165) is 22.2 Å². The smallest absolute Gasteiger partial charge is 0.263 e. The van der Waals surface area contributed by atoms with Crippen molar-refractivity contribution in [3.05, 3.63) is 79.1 Å². The summed E-state index contributed by atoms with van der Waals surface area (Å²) in [4.78, 5) is 25.4. The van der Waals surface area contributed by atoms with Gasteiger partial charge in [-0.3, -0.25) is 14.3 Å². The van der Waals surface area contributed by atoms with Crippen LogP contribution in [-0.4, -0.2) is 25.4 Å². The average Bonchev–Trinajstić information content (AvgIpc) is 3.15. The summed E-state index contributed by atoms with van der Waals surface area (Å²) < 4.78 is 1.47. The largest absolute Gasteiger partial charge is 0.272 e. The molecule has 0 N–H and O–H groups in total. The van der Waals surface area contributed by atoms with Crippen molar-refractivity contribution in [3.8, 4) is 11.3 Å². The first kappa shape index (κ1) is 13.3. The summed E-state index contributed by atoms with van der Waals surface area (Å²) in [5, 5.41) is 0.823. The zero-order chi connectivity index (χ0) is 15.6. The van der Waals surface area contributed by atoms with E-state index in [-0.39, 0.29) is 5.91 Å². The Morgan fingerprint density at radius 3 is 2.57 bits per heavy atom. The Morgan fingerprint density at radius 2 is 1.78 bits per heavy atom. The van der Waals surface area contributed by atoms with E-state index < -0.39 is 0 Å². The van der Waals surface area contributed by atoms with Crippen LogP contribution in [0.15, 0.2) is 73.6 Å². The summed E-state index contributed by atoms with van der Waals surface area (Å²) in [7, 11) is 0. The molecule has 0 radical (unpaired) electrons. The number of pyridine rings is 2. The van der Waals surface area contributed by atoms with Crippen molar-refractivity contribution < 1.29 is 4.79 Å². The molecule has 0 amide bonds. The maximum Gasteiger partial charge on any atom is 0.263 e. The summed E-state index contributed by atoms with van der Waals surface area (Å²) in [6.45, 7) is 0. The molecular formula is C18H12N4O. The van der Waals surface area contributed by atoms with Gasteiger partial charge < -0.3 is 0 Å². The van der Waals surface area contributed by atoms with Crippen LogP contribution in [0.5, 0.6) is 0 Å².